The minimum atomic E-state index is -0.126. The van der Waals surface area contributed by atoms with Crippen molar-refractivity contribution in [1.82, 2.24) is 5.06 Å². The Morgan fingerprint density at radius 3 is 2.73 bits per heavy atom. The fraction of sp³-hybridized carbons (Fsp3) is 0.893. The van der Waals surface area contributed by atoms with Crippen molar-refractivity contribution in [1.29, 1.82) is 0 Å². The highest BCUT2D eigenvalue weighted by Gasteiger charge is 2.59. The zero-order valence-electron chi connectivity index (χ0n) is 21.6. The Kier molecular flexibility index (Phi) is 7.62. The summed E-state index contributed by atoms with van der Waals surface area (Å²) in [5.41, 5.74) is 2.28. The average Bonchev–Trinajstić information content (AvgIpc) is 3.15. The summed E-state index contributed by atoms with van der Waals surface area (Å²) in [6.45, 7) is 8.37. The predicted molar refractivity (Wildman–Crippen MR) is 130 cm³/mol. The third kappa shape index (κ3) is 4.67. The number of nitrogens with zero attached hydrogens (tertiary/aromatic N) is 1. The van der Waals surface area contributed by atoms with E-state index in [4.69, 9.17) is 9.57 Å². The van der Waals surface area contributed by atoms with Crippen LogP contribution in [0.3, 0.4) is 0 Å². The van der Waals surface area contributed by atoms with Crippen molar-refractivity contribution < 1.29 is 19.5 Å². The van der Waals surface area contributed by atoms with Gasteiger partial charge in [-0.25, -0.2) is 5.06 Å². The molecule has 1 amide bonds. The summed E-state index contributed by atoms with van der Waals surface area (Å²) < 4.78 is 5.00. The molecule has 0 aromatic heterocycles. The fourth-order valence-corrected chi connectivity index (χ4v) is 8.66. The van der Waals surface area contributed by atoms with Gasteiger partial charge in [0.1, 0.15) is 0 Å². The first-order chi connectivity index (χ1) is 15.7. The van der Waals surface area contributed by atoms with E-state index in [-0.39, 0.29) is 12.0 Å². The highest BCUT2D eigenvalue weighted by atomic mass is 16.7. The lowest BCUT2D eigenvalue weighted by atomic mass is 9.47. The van der Waals surface area contributed by atoms with Crippen LogP contribution in [0.2, 0.25) is 0 Å². The summed E-state index contributed by atoms with van der Waals surface area (Å²) in [6, 6.07) is 0. The number of amides is 1. The minimum Gasteiger partial charge on any atom is -0.393 e. The number of hydrogen-bond acceptors (Lipinski definition) is 4. The average molecular weight is 462 g/mol. The SMILES string of the molecule is COCCON(C)C(=O)CC[C@@H](C)[C@H]1CC[C@H]2[C@@H]3CC=C4C[C@@H](O)CC[C@]4(C)[C@H]3CC[C@]12C. The first kappa shape index (κ1) is 25.2. The topological polar surface area (TPSA) is 59.0 Å². The molecule has 0 unspecified atom stereocenters. The second-order valence-electron chi connectivity index (χ2n) is 12.1. The number of ether oxygens (including phenoxy) is 1. The molecule has 4 aliphatic rings. The van der Waals surface area contributed by atoms with Crippen LogP contribution in [0.4, 0.5) is 0 Å². The van der Waals surface area contributed by atoms with Crippen molar-refractivity contribution in [2.24, 2.45) is 40.4 Å². The van der Waals surface area contributed by atoms with Gasteiger partial charge in [0.2, 0.25) is 5.91 Å². The first-order valence-corrected chi connectivity index (χ1v) is 13.5. The molecule has 4 rings (SSSR count). The highest BCUT2D eigenvalue weighted by Crippen LogP contribution is 2.67. The predicted octanol–water partition coefficient (Wildman–Crippen LogP) is 5.38. The molecule has 3 fully saturated rings. The van der Waals surface area contributed by atoms with Crippen LogP contribution in [0.15, 0.2) is 11.6 Å². The molecule has 0 aromatic rings. The quantitative estimate of drug-likeness (QED) is 0.300. The van der Waals surface area contributed by atoms with Crippen LogP contribution in [0.5, 0.6) is 0 Å². The summed E-state index contributed by atoms with van der Waals surface area (Å²) in [4.78, 5) is 18.0. The lowest BCUT2D eigenvalue weighted by Crippen LogP contribution is -2.50. The van der Waals surface area contributed by atoms with Crippen molar-refractivity contribution in [2.45, 2.75) is 91.1 Å². The second kappa shape index (κ2) is 9.99. The molecule has 5 heteroatoms. The van der Waals surface area contributed by atoms with E-state index < -0.39 is 0 Å². The van der Waals surface area contributed by atoms with Crippen LogP contribution in [0, 0.1) is 40.4 Å². The Hall–Kier alpha value is -0.910. The van der Waals surface area contributed by atoms with Crippen molar-refractivity contribution in [2.75, 3.05) is 27.4 Å². The Labute approximate surface area is 201 Å². The van der Waals surface area contributed by atoms with Crippen LogP contribution < -0.4 is 0 Å². The molecule has 0 aromatic carbocycles. The molecule has 0 spiro atoms. The largest absolute Gasteiger partial charge is 0.393 e. The van der Waals surface area contributed by atoms with Crippen LogP contribution in [0.1, 0.15) is 85.0 Å². The number of aliphatic hydroxyl groups is 1. The molecule has 4 aliphatic carbocycles. The molecule has 33 heavy (non-hydrogen) atoms. The number of aliphatic hydroxyl groups excluding tert-OH is 1. The standard InChI is InChI=1S/C28H47NO4/c1-19(6-11-26(31)29(4)33-17-16-32-5)23-9-10-24-22-8-7-20-18-21(30)12-14-27(20,2)25(22)13-15-28(23,24)3/h7,19,21-25,30H,6,8-18H2,1-5H3/t19-,21+,22+,23-,24+,25+,27+,28-/m1/s1. The first-order valence-electron chi connectivity index (χ1n) is 13.5. The van der Waals surface area contributed by atoms with Gasteiger partial charge < -0.3 is 9.84 Å². The summed E-state index contributed by atoms with van der Waals surface area (Å²) >= 11 is 0. The van der Waals surface area contributed by atoms with Crippen molar-refractivity contribution in [3.8, 4) is 0 Å². The molecule has 8 atom stereocenters. The third-order valence-corrected chi connectivity index (χ3v) is 10.6. The maximum atomic E-state index is 12.5. The normalized spacial score (nSPS) is 40.9. The number of rotatable bonds is 8. The molecule has 0 heterocycles. The van der Waals surface area contributed by atoms with E-state index in [0.29, 0.717) is 42.3 Å². The second-order valence-corrected chi connectivity index (χ2v) is 12.1. The van der Waals surface area contributed by atoms with Gasteiger partial charge in [0, 0.05) is 20.6 Å². The number of methoxy groups -OCH3 is 1. The maximum Gasteiger partial charge on any atom is 0.245 e. The van der Waals surface area contributed by atoms with E-state index in [0.717, 1.165) is 43.4 Å². The monoisotopic (exact) mass is 461 g/mol. The van der Waals surface area contributed by atoms with Gasteiger partial charge >= 0.3 is 0 Å². The zero-order chi connectivity index (χ0) is 23.8. The number of allylic oxidation sites excluding steroid dienone is 1. The Morgan fingerprint density at radius 1 is 1.18 bits per heavy atom. The van der Waals surface area contributed by atoms with Crippen molar-refractivity contribution in [3.63, 3.8) is 0 Å². The smallest absolute Gasteiger partial charge is 0.245 e. The molecule has 0 bridgehead atoms. The lowest BCUT2D eigenvalue weighted by Gasteiger charge is -2.58. The van der Waals surface area contributed by atoms with E-state index in [9.17, 15) is 9.90 Å². The molecule has 0 saturated heterocycles. The maximum absolute atomic E-state index is 12.5. The number of fused-ring (bicyclic) bond motifs is 5. The lowest BCUT2D eigenvalue weighted by molar-refractivity contribution is -0.182. The van der Waals surface area contributed by atoms with Gasteiger partial charge in [-0.15, -0.1) is 0 Å². The van der Waals surface area contributed by atoms with Gasteiger partial charge in [-0.3, -0.25) is 9.63 Å². The highest BCUT2D eigenvalue weighted by molar-refractivity contribution is 5.74. The van der Waals surface area contributed by atoms with Crippen LogP contribution in [-0.2, 0) is 14.4 Å². The van der Waals surface area contributed by atoms with Gasteiger partial charge in [-0.1, -0.05) is 32.4 Å². The molecular formula is C28H47NO4. The van der Waals surface area contributed by atoms with E-state index in [2.05, 4.69) is 26.8 Å². The van der Waals surface area contributed by atoms with Crippen molar-refractivity contribution in [3.05, 3.63) is 11.6 Å². The van der Waals surface area contributed by atoms with E-state index in [1.807, 2.05) is 0 Å². The summed E-state index contributed by atoms with van der Waals surface area (Å²) in [5, 5.41) is 11.6. The molecule has 0 aliphatic heterocycles. The van der Waals surface area contributed by atoms with Gasteiger partial charge in [0.15, 0.2) is 0 Å². The minimum absolute atomic E-state index is 0.0683. The number of carbonyl (C=O) groups excluding carboxylic acids is 1. The van der Waals surface area contributed by atoms with Gasteiger partial charge in [-0.05, 0) is 98.2 Å². The fourth-order valence-electron chi connectivity index (χ4n) is 8.66. The van der Waals surface area contributed by atoms with Crippen LogP contribution in [0.25, 0.3) is 0 Å². The molecule has 188 valence electrons. The van der Waals surface area contributed by atoms with E-state index in [1.54, 1.807) is 19.7 Å². The molecule has 3 saturated carbocycles. The van der Waals surface area contributed by atoms with Crippen molar-refractivity contribution >= 4 is 5.91 Å². The third-order valence-electron chi connectivity index (χ3n) is 10.6. The molecular weight excluding hydrogens is 414 g/mol. The summed E-state index contributed by atoms with van der Waals surface area (Å²) in [5.74, 6) is 3.73. The summed E-state index contributed by atoms with van der Waals surface area (Å²) in [6.07, 6.45) is 13.5. The Morgan fingerprint density at radius 2 is 1.97 bits per heavy atom. The summed E-state index contributed by atoms with van der Waals surface area (Å²) in [7, 11) is 3.35. The van der Waals surface area contributed by atoms with Gasteiger partial charge in [0.25, 0.3) is 0 Å². The Balaban J connectivity index is 1.38. The Bertz CT molecular complexity index is 737. The zero-order valence-corrected chi connectivity index (χ0v) is 21.6. The number of hydrogen-bond donors (Lipinski definition) is 1. The number of hydroxylamine groups is 2. The van der Waals surface area contributed by atoms with Crippen LogP contribution in [-0.4, -0.2) is 49.6 Å². The molecule has 5 nitrogen and oxygen atoms in total. The van der Waals surface area contributed by atoms with Gasteiger partial charge in [-0.2, -0.15) is 0 Å². The molecule has 1 N–H and O–H groups in total. The number of carbonyl (C=O) groups is 1. The molecule has 0 radical (unpaired) electrons. The van der Waals surface area contributed by atoms with E-state index >= 15 is 0 Å². The van der Waals surface area contributed by atoms with E-state index in [1.165, 1.54) is 37.2 Å². The van der Waals surface area contributed by atoms with Gasteiger partial charge in [0.05, 0.1) is 19.3 Å². The van der Waals surface area contributed by atoms with Crippen LogP contribution >= 0.6 is 0 Å².